The number of benzene rings is 1. The molecule has 0 radical (unpaired) electrons. The molecule has 0 unspecified atom stereocenters. The zero-order valence-corrected chi connectivity index (χ0v) is 13.9. The summed E-state index contributed by atoms with van der Waals surface area (Å²) in [6.07, 6.45) is -0.473. The van der Waals surface area contributed by atoms with E-state index in [4.69, 9.17) is 4.74 Å². The van der Waals surface area contributed by atoms with Crippen LogP contribution < -0.4 is 5.32 Å². The monoisotopic (exact) mass is 321 g/mol. The number of nitrogens with one attached hydrogen (secondary N) is 1. The van der Waals surface area contributed by atoms with Crippen LogP contribution in [0, 0.1) is 0 Å². The van der Waals surface area contributed by atoms with Gasteiger partial charge in [0.1, 0.15) is 11.6 Å². The van der Waals surface area contributed by atoms with E-state index in [9.17, 15) is 14.4 Å². The van der Waals surface area contributed by atoms with E-state index < -0.39 is 23.7 Å². The Hall–Kier alpha value is -2.37. The van der Waals surface area contributed by atoms with Crippen LogP contribution in [0.25, 0.3) is 0 Å². The van der Waals surface area contributed by atoms with Crippen molar-refractivity contribution in [2.45, 2.75) is 45.3 Å². The van der Waals surface area contributed by atoms with Crippen molar-refractivity contribution in [1.29, 1.82) is 0 Å². The zero-order chi connectivity index (χ0) is 17.5. The molecule has 0 aliphatic rings. The first-order chi connectivity index (χ1) is 10.7. The summed E-state index contributed by atoms with van der Waals surface area (Å²) in [4.78, 5) is 35.6. The van der Waals surface area contributed by atoms with Gasteiger partial charge in [0.25, 0.3) is 0 Å². The molecule has 1 N–H and O–H groups in total. The molecule has 6 heteroatoms. The van der Waals surface area contributed by atoms with Crippen LogP contribution in [-0.2, 0) is 14.3 Å². The number of hydrogen-bond donors (Lipinski definition) is 1. The van der Waals surface area contributed by atoms with E-state index in [-0.39, 0.29) is 18.6 Å². The Morgan fingerprint density at radius 3 is 2.26 bits per heavy atom. The summed E-state index contributed by atoms with van der Waals surface area (Å²) in [7, 11) is 1.23. The second kappa shape index (κ2) is 8.31. The smallest absolute Gasteiger partial charge is 0.408 e. The molecule has 0 fully saturated rings. The van der Waals surface area contributed by atoms with Gasteiger partial charge in [0.2, 0.25) is 0 Å². The van der Waals surface area contributed by atoms with Crippen LogP contribution in [0.5, 0.6) is 0 Å². The molecular formula is C17H23NO5. The number of hydrogen-bond acceptors (Lipinski definition) is 5. The molecule has 1 rings (SSSR count). The predicted octanol–water partition coefficient (Wildman–Crippen LogP) is 2.72. The molecule has 0 bridgehead atoms. The minimum Gasteiger partial charge on any atom is -0.467 e. The normalized spacial score (nSPS) is 12.2. The fraction of sp³-hybridized carbons (Fsp3) is 0.471. The van der Waals surface area contributed by atoms with Crippen molar-refractivity contribution in [3.05, 3.63) is 35.9 Å². The largest absolute Gasteiger partial charge is 0.467 e. The van der Waals surface area contributed by atoms with Crippen LogP contribution in [-0.4, -0.2) is 36.6 Å². The van der Waals surface area contributed by atoms with Gasteiger partial charge in [0, 0.05) is 12.0 Å². The Balaban J connectivity index is 2.63. The maximum atomic E-state index is 12.1. The van der Waals surface area contributed by atoms with Crippen molar-refractivity contribution >= 4 is 17.8 Å². The van der Waals surface area contributed by atoms with Gasteiger partial charge in [-0.2, -0.15) is 0 Å². The molecule has 23 heavy (non-hydrogen) atoms. The number of amides is 1. The van der Waals surface area contributed by atoms with Gasteiger partial charge in [-0.25, -0.2) is 9.59 Å². The van der Waals surface area contributed by atoms with Crippen LogP contribution in [0.3, 0.4) is 0 Å². The van der Waals surface area contributed by atoms with Gasteiger partial charge in [0.05, 0.1) is 7.11 Å². The van der Waals surface area contributed by atoms with Crippen molar-refractivity contribution in [3.63, 3.8) is 0 Å². The number of ether oxygens (including phenoxy) is 2. The lowest BCUT2D eigenvalue weighted by molar-refractivity contribution is -0.143. The number of Topliss-reactive ketones (excluding diaryl/α,β-unsaturated/α-hetero) is 1. The second-order valence-corrected chi connectivity index (χ2v) is 6.05. The van der Waals surface area contributed by atoms with Gasteiger partial charge in [-0.3, -0.25) is 4.79 Å². The molecule has 0 saturated carbocycles. The number of alkyl carbamates (subject to hydrolysis) is 1. The third-order valence-electron chi connectivity index (χ3n) is 2.93. The first-order valence-electron chi connectivity index (χ1n) is 7.38. The maximum absolute atomic E-state index is 12.1. The first-order valence-corrected chi connectivity index (χ1v) is 7.38. The number of rotatable bonds is 6. The Morgan fingerprint density at radius 1 is 1.13 bits per heavy atom. The van der Waals surface area contributed by atoms with Crippen LogP contribution in [0.2, 0.25) is 0 Å². The molecule has 0 saturated heterocycles. The average molecular weight is 321 g/mol. The maximum Gasteiger partial charge on any atom is 0.408 e. The van der Waals surface area contributed by atoms with E-state index in [0.29, 0.717) is 5.56 Å². The molecule has 0 aliphatic carbocycles. The van der Waals surface area contributed by atoms with Gasteiger partial charge >= 0.3 is 12.1 Å². The molecule has 6 nitrogen and oxygen atoms in total. The third kappa shape index (κ3) is 6.95. The lowest BCUT2D eigenvalue weighted by atomic mass is 10.0. The highest BCUT2D eigenvalue weighted by molar-refractivity contribution is 5.96. The fourth-order valence-electron chi connectivity index (χ4n) is 1.88. The fourth-order valence-corrected chi connectivity index (χ4v) is 1.88. The number of ketones is 1. The highest BCUT2D eigenvalue weighted by atomic mass is 16.6. The van der Waals surface area contributed by atoms with Crippen molar-refractivity contribution in [2.75, 3.05) is 7.11 Å². The van der Waals surface area contributed by atoms with E-state index >= 15 is 0 Å². The van der Waals surface area contributed by atoms with E-state index in [2.05, 4.69) is 10.1 Å². The van der Waals surface area contributed by atoms with Crippen LogP contribution >= 0.6 is 0 Å². The lowest BCUT2D eigenvalue weighted by Gasteiger charge is -2.22. The highest BCUT2D eigenvalue weighted by Crippen LogP contribution is 2.10. The summed E-state index contributed by atoms with van der Waals surface area (Å²) in [6.45, 7) is 5.16. The lowest BCUT2D eigenvalue weighted by Crippen LogP contribution is -2.44. The number of carbonyl (C=O) groups is 3. The van der Waals surface area contributed by atoms with Gasteiger partial charge in [-0.15, -0.1) is 0 Å². The molecular weight excluding hydrogens is 298 g/mol. The van der Waals surface area contributed by atoms with E-state index in [0.717, 1.165) is 0 Å². The SMILES string of the molecule is COC(=O)[C@H](CCC(=O)c1ccccc1)NC(=O)OC(C)(C)C. The van der Waals surface area contributed by atoms with Crippen molar-refractivity contribution in [1.82, 2.24) is 5.32 Å². The Bertz CT molecular complexity index is 548. The molecule has 0 aliphatic heterocycles. The molecule has 1 amide bonds. The zero-order valence-electron chi connectivity index (χ0n) is 13.9. The van der Waals surface area contributed by atoms with E-state index in [1.807, 2.05) is 6.07 Å². The number of esters is 1. The summed E-state index contributed by atoms with van der Waals surface area (Å²) < 4.78 is 9.77. The number of methoxy groups -OCH3 is 1. The van der Waals surface area contributed by atoms with Crippen molar-refractivity contribution in [2.24, 2.45) is 0 Å². The van der Waals surface area contributed by atoms with Crippen LogP contribution in [0.4, 0.5) is 4.79 Å². The summed E-state index contributed by atoms with van der Waals surface area (Å²) in [6, 6.07) is 7.84. The Kier molecular flexibility index (Phi) is 6.75. The molecule has 0 spiro atoms. The molecule has 126 valence electrons. The second-order valence-electron chi connectivity index (χ2n) is 6.05. The molecule has 1 aromatic carbocycles. The van der Waals surface area contributed by atoms with Gasteiger partial charge < -0.3 is 14.8 Å². The molecule has 1 aromatic rings. The van der Waals surface area contributed by atoms with Crippen molar-refractivity contribution < 1.29 is 23.9 Å². The molecule has 1 atom stereocenters. The summed E-state index contributed by atoms with van der Waals surface area (Å²) in [5.74, 6) is -0.720. The quantitative estimate of drug-likeness (QED) is 0.643. The van der Waals surface area contributed by atoms with Gasteiger partial charge in [0.15, 0.2) is 5.78 Å². The van der Waals surface area contributed by atoms with Gasteiger partial charge in [-0.05, 0) is 27.2 Å². The number of carbonyl (C=O) groups excluding carboxylic acids is 3. The Labute approximate surface area is 136 Å². The third-order valence-corrected chi connectivity index (χ3v) is 2.93. The summed E-state index contributed by atoms with van der Waals surface area (Å²) in [5.41, 5.74) is -0.113. The highest BCUT2D eigenvalue weighted by Gasteiger charge is 2.25. The van der Waals surface area contributed by atoms with Crippen LogP contribution in [0.1, 0.15) is 44.0 Å². The topological polar surface area (TPSA) is 81.7 Å². The van der Waals surface area contributed by atoms with Crippen LogP contribution in [0.15, 0.2) is 30.3 Å². The molecule has 0 aromatic heterocycles. The molecule has 0 heterocycles. The predicted molar refractivity (Wildman–Crippen MR) is 85.2 cm³/mol. The average Bonchev–Trinajstić information content (AvgIpc) is 2.49. The Morgan fingerprint density at radius 2 is 1.74 bits per heavy atom. The minimum absolute atomic E-state index is 0.106. The minimum atomic E-state index is -0.928. The standard InChI is InChI=1S/C17H23NO5/c1-17(2,3)23-16(21)18-13(15(20)22-4)10-11-14(19)12-8-6-5-7-9-12/h5-9,13H,10-11H2,1-4H3,(H,18,21)/t13-/m0/s1. The summed E-state index contributed by atoms with van der Waals surface area (Å²) in [5, 5.41) is 2.44. The van der Waals surface area contributed by atoms with E-state index in [1.165, 1.54) is 7.11 Å². The van der Waals surface area contributed by atoms with Gasteiger partial charge in [-0.1, -0.05) is 30.3 Å². The first kappa shape index (κ1) is 18.7. The van der Waals surface area contributed by atoms with Crippen molar-refractivity contribution in [3.8, 4) is 0 Å². The van der Waals surface area contributed by atoms with E-state index in [1.54, 1.807) is 45.0 Å². The summed E-state index contributed by atoms with van der Waals surface area (Å²) >= 11 is 0.